The number of fused-ring (bicyclic) bond motifs is 1. The number of aromatic carboxylic acids is 1. The Bertz CT molecular complexity index is 2020. The summed E-state index contributed by atoms with van der Waals surface area (Å²) in [6.45, 7) is -0.701. The lowest BCUT2D eigenvalue weighted by Crippen LogP contribution is -2.27. The molecule has 1 saturated carbocycles. The number of carboxylic acids is 1. The third kappa shape index (κ3) is 5.54. The molecule has 44 heavy (non-hydrogen) atoms. The number of aromatic nitrogens is 3. The minimum atomic E-state index is -1.16. The quantitative estimate of drug-likeness (QED) is 0.208. The molecule has 11 heteroatoms. The number of alkyl halides is 1. The van der Waals surface area contributed by atoms with E-state index in [-0.39, 0.29) is 53.2 Å². The summed E-state index contributed by atoms with van der Waals surface area (Å²) in [6.07, 6.45) is 1.27. The van der Waals surface area contributed by atoms with Crippen molar-refractivity contribution in [3.63, 3.8) is 0 Å². The van der Waals surface area contributed by atoms with Crippen molar-refractivity contribution in [3.8, 4) is 23.2 Å². The van der Waals surface area contributed by atoms with Gasteiger partial charge in [-0.05, 0) is 55.3 Å². The number of pyridine rings is 1. The van der Waals surface area contributed by atoms with Crippen molar-refractivity contribution in [2.24, 2.45) is 5.41 Å². The van der Waals surface area contributed by atoms with Gasteiger partial charge in [-0.3, -0.25) is 13.9 Å². The van der Waals surface area contributed by atoms with Gasteiger partial charge in [-0.15, -0.1) is 0 Å². The van der Waals surface area contributed by atoms with Gasteiger partial charge in [-0.1, -0.05) is 24.3 Å². The number of benzene rings is 3. The Morgan fingerprint density at radius 1 is 1.00 bits per heavy atom. The Labute approximate surface area is 249 Å². The summed E-state index contributed by atoms with van der Waals surface area (Å²) < 4.78 is 52.2. The molecule has 1 aliphatic carbocycles. The highest BCUT2D eigenvalue weighted by atomic mass is 19.1. The largest absolute Gasteiger partial charge is 0.478 e. The lowest BCUT2D eigenvalue weighted by Gasteiger charge is -2.18. The molecule has 0 spiro atoms. The summed E-state index contributed by atoms with van der Waals surface area (Å²) in [5.74, 6) is -2.14. The molecule has 0 bridgehead atoms. The number of nitriles is 1. The Hall–Kier alpha value is -5.37. The molecule has 5 aromatic rings. The normalized spacial score (nSPS) is 13.5. The molecule has 3 aromatic carbocycles. The first-order chi connectivity index (χ1) is 21.2. The highest BCUT2D eigenvalue weighted by Crippen LogP contribution is 2.47. The fourth-order valence-corrected chi connectivity index (χ4v) is 5.13. The molecule has 1 N–H and O–H groups in total. The van der Waals surface area contributed by atoms with E-state index in [0.29, 0.717) is 29.6 Å². The maximum absolute atomic E-state index is 15.5. The van der Waals surface area contributed by atoms with Crippen LogP contribution in [0.15, 0.2) is 77.6 Å². The van der Waals surface area contributed by atoms with Gasteiger partial charge in [0, 0.05) is 34.7 Å². The highest BCUT2D eigenvalue weighted by Gasteiger charge is 2.44. The van der Waals surface area contributed by atoms with Gasteiger partial charge in [0.05, 0.1) is 47.0 Å². The maximum Gasteiger partial charge on any atom is 0.335 e. The molecule has 2 aromatic heterocycles. The molecule has 1 fully saturated rings. The van der Waals surface area contributed by atoms with Crippen molar-refractivity contribution < 1.29 is 27.8 Å². The van der Waals surface area contributed by atoms with Gasteiger partial charge < -0.3 is 9.84 Å². The Morgan fingerprint density at radius 3 is 2.45 bits per heavy atom. The van der Waals surface area contributed by atoms with E-state index < -0.39 is 35.3 Å². The second-order valence-electron chi connectivity index (χ2n) is 11.0. The van der Waals surface area contributed by atoms with Crippen LogP contribution < -0.4 is 10.3 Å². The van der Waals surface area contributed by atoms with E-state index in [9.17, 15) is 23.5 Å². The molecule has 2 heterocycles. The van der Waals surface area contributed by atoms with Gasteiger partial charge in [0.15, 0.2) is 0 Å². The van der Waals surface area contributed by atoms with Crippen molar-refractivity contribution in [1.29, 1.82) is 5.26 Å². The minimum Gasteiger partial charge on any atom is -0.478 e. The average Bonchev–Trinajstić information content (AvgIpc) is 3.77. The minimum absolute atomic E-state index is 0.00947. The molecule has 0 unspecified atom stereocenters. The van der Waals surface area contributed by atoms with Gasteiger partial charge >= 0.3 is 5.97 Å². The number of hydrogen-bond acceptors (Lipinski definition) is 5. The molecular formula is C33H25F3N4O4. The van der Waals surface area contributed by atoms with E-state index in [4.69, 9.17) is 10.00 Å². The summed E-state index contributed by atoms with van der Waals surface area (Å²) in [4.78, 5) is 29.4. The van der Waals surface area contributed by atoms with E-state index in [1.54, 1.807) is 28.9 Å². The molecule has 0 radical (unpaired) electrons. The van der Waals surface area contributed by atoms with Crippen molar-refractivity contribution in [2.45, 2.75) is 32.5 Å². The standard InChI is InChI=1S/C33H25F3N4O4/c34-18-33(10-11-33)19-40-29-14-22(32(42)43)8-9-25(29)31(41)39(40)16-23-7-6-21(13-27(23)36)28-2-1-3-30(38-28)44-17-24-5-4-20(15-37)12-26(24)35/h1-9,12-14H,10-11,16-19H2,(H,42,43). The van der Waals surface area contributed by atoms with E-state index in [0.717, 1.165) is 6.07 Å². The topological polar surface area (TPSA) is 110 Å². The zero-order valence-corrected chi connectivity index (χ0v) is 23.3. The lowest BCUT2D eigenvalue weighted by atomic mass is 10.1. The molecule has 0 amide bonds. The van der Waals surface area contributed by atoms with E-state index in [1.807, 2.05) is 6.07 Å². The van der Waals surface area contributed by atoms with Crippen LogP contribution in [0.1, 0.15) is 39.9 Å². The van der Waals surface area contributed by atoms with Crippen molar-refractivity contribution in [3.05, 3.63) is 117 Å². The average molecular weight is 599 g/mol. The lowest BCUT2D eigenvalue weighted by molar-refractivity contribution is 0.0697. The second-order valence-corrected chi connectivity index (χ2v) is 11.0. The predicted molar refractivity (Wildman–Crippen MR) is 155 cm³/mol. The monoisotopic (exact) mass is 598 g/mol. The fourth-order valence-electron chi connectivity index (χ4n) is 5.13. The van der Waals surface area contributed by atoms with Gasteiger partial charge in [0.25, 0.3) is 5.56 Å². The zero-order chi connectivity index (χ0) is 31.0. The van der Waals surface area contributed by atoms with Gasteiger partial charge in [-0.2, -0.15) is 5.26 Å². The number of hydrogen-bond donors (Lipinski definition) is 1. The van der Waals surface area contributed by atoms with Crippen molar-refractivity contribution in [1.82, 2.24) is 14.3 Å². The van der Waals surface area contributed by atoms with Gasteiger partial charge in [0.1, 0.15) is 18.2 Å². The third-order valence-electron chi connectivity index (χ3n) is 7.95. The molecule has 1 aliphatic rings. The highest BCUT2D eigenvalue weighted by molar-refractivity contribution is 5.93. The smallest absolute Gasteiger partial charge is 0.335 e. The molecule has 8 nitrogen and oxygen atoms in total. The van der Waals surface area contributed by atoms with Crippen LogP contribution in [0.25, 0.3) is 22.2 Å². The Balaban J connectivity index is 1.27. The van der Waals surface area contributed by atoms with Crippen LogP contribution in [0.5, 0.6) is 5.88 Å². The molecule has 6 rings (SSSR count). The SMILES string of the molecule is N#Cc1ccc(COc2cccc(-c3ccc(Cn4c(=O)c5ccc(C(=O)O)cc5n4CC4(CF)CC4)c(F)c3)n2)c(F)c1. The first-order valence-electron chi connectivity index (χ1n) is 13.8. The summed E-state index contributed by atoms with van der Waals surface area (Å²) in [5, 5.41) is 18.7. The van der Waals surface area contributed by atoms with Crippen LogP contribution >= 0.6 is 0 Å². The Morgan fingerprint density at radius 2 is 1.77 bits per heavy atom. The maximum atomic E-state index is 15.5. The number of rotatable bonds is 10. The molecular weight excluding hydrogens is 573 g/mol. The van der Waals surface area contributed by atoms with Crippen LogP contribution in [0.2, 0.25) is 0 Å². The molecule has 0 aliphatic heterocycles. The summed E-state index contributed by atoms with van der Waals surface area (Å²) in [5.41, 5.74) is 0.770. The van der Waals surface area contributed by atoms with Crippen molar-refractivity contribution in [2.75, 3.05) is 6.67 Å². The fraction of sp³-hybridized carbons (Fsp3) is 0.212. The van der Waals surface area contributed by atoms with Gasteiger partial charge in [-0.25, -0.2) is 23.2 Å². The second kappa shape index (κ2) is 11.4. The number of halogens is 3. The predicted octanol–water partition coefficient (Wildman–Crippen LogP) is 6.09. The molecule has 222 valence electrons. The van der Waals surface area contributed by atoms with Crippen LogP contribution in [0.4, 0.5) is 13.2 Å². The third-order valence-corrected chi connectivity index (χ3v) is 7.95. The van der Waals surface area contributed by atoms with Gasteiger partial charge in [0.2, 0.25) is 5.88 Å². The molecule has 0 saturated heterocycles. The van der Waals surface area contributed by atoms with E-state index in [1.165, 1.54) is 47.1 Å². The van der Waals surface area contributed by atoms with E-state index >= 15 is 4.39 Å². The van der Waals surface area contributed by atoms with Crippen molar-refractivity contribution >= 4 is 16.9 Å². The van der Waals surface area contributed by atoms with E-state index in [2.05, 4.69) is 4.98 Å². The van der Waals surface area contributed by atoms with Crippen LogP contribution in [-0.4, -0.2) is 32.1 Å². The summed E-state index contributed by atoms with van der Waals surface area (Å²) in [6, 6.07) is 19.5. The van der Waals surface area contributed by atoms with Crippen LogP contribution in [0, 0.1) is 28.4 Å². The number of carboxylic acid groups (broad SMARTS) is 1. The number of nitrogens with zero attached hydrogens (tertiary/aromatic N) is 4. The first kappa shape index (κ1) is 28.7. The Kier molecular flexibility index (Phi) is 7.43. The zero-order valence-electron chi connectivity index (χ0n) is 23.3. The molecule has 0 atom stereocenters. The first-order valence-corrected chi connectivity index (χ1v) is 13.8. The van der Waals surface area contributed by atoms with Crippen LogP contribution in [0.3, 0.4) is 0 Å². The number of ether oxygens (including phenoxy) is 1. The summed E-state index contributed by atoms with van der Waals surface area (Å²) >= 11 is 0. The van der Waals surface area contributed by atoms with Crippen LogP contribution in [-0.2, 0) is 19.7 Å². The summed E-state index contributed by atoms with van der Waals surface area (Å²) in [7, 11) is 0. The number of carbonyl (C=O) groups is 1.